The van der Waals surface area contributed by atoms with Gasteiger partial charge < -0.3 is 0 Å². The Bertz CT molecular complexity index is 440. The van der Waals surface area contributed by atoms with E-state index >= 15 is 0 Å². The largest absolute Gasteiger partial charge is 0.300 e. The minimum absolute atomic E-state index is 0.138. The second-order valence-corrected chi connectivity index (χ2v) is 4.98. The highest BCUT2D eigenvalue weighted by atomic mass is 16.1. The van der Waals surface area contributed by atoms with Crippen molar-refractivity contribution in [1.29, 1.82) is 0 Å². The maximum Gasteiger partial charge on any atom is 0.179 e. The summed E-state index contributed by atoms with van der Waals surface area (Å²) in [4.78, 5) is 25.6. The fourth-order valence-electron chi connectivity index (χ4n) is 2.29. The Labute approximate surface area is 108 Å². The Kier molecular flexibility index (Phi) is 3.92. The van der Waals surface area contributed by atoms with Crippen molar-refractivity contribution < 1.29 is 9.59 Å². The lowest BCUT2D eigenvalue weighted by Gasteiger charge is -2.30. The van der Waals surface area contributed by atoms with Gasteiger partial charge in [-0.15, -0.1) is 0 Å². The first kappa shape index (κ1) is 13.0. The average Bonchev–Trinajstić information content (AvgIpc) is 2.39. The minimum Gasteiger partial charge on any atom is -0.300 e. The van der Waals surface area contributed by atoms with Gasteiger partial charge in [-0.2, -0.15) is 0 Å². The van der Waals surface area contributed by atoms with Crippen LogP contribution in [0.1, 0.15) is 35.7 Å². The van der Waals surface area contributed by atoms with Gasteiger partial charge in [0.25, 0.3) is 0 Å². The van der Waals surface area contributed by atoms with Gasteiger partial charge in [-0.1, -0.05) is 29.8 Å². The van der Waals surface area contributed by atoms with Gasteiger partial charge in [-0.3, -0.25) is 14.5 Å². The number of piperidine rings is 1. The molecule has 0 bridgehead atoms. The van der Waals surface area contributed by atoms with Gasteiger partial charge in [0.1, 0.15) is 5.78 Å². The SMILES string of the molecule is Cc1ccc(C(=O)C(C)N2CCC(=O)CC2)cc1. The lowest BCUT2D eigenvalue weighted by Crippen LogP contribution is -2.44. The van der Waals surface area contributed by atoms with E-state index in [0.29, 0.717) is 31.7 Å². The summed E-state index contributed by atoms with van der Waals surface area (Å²) in [6.07, 6.45) is 1.15. The third kappa shape index (κ3) is 2.85. The molecule has 0 spiro atoms. The molecule has 0 aliphatic carbocycles. The maximum absolute atomic E-state index is 12.3. The zero-order valence-electron chi connectivity index (χ0n) is 11.0. The van der Waals surface area contributed by atoms with Crippen molar-refractivity contribution in [1.82, 2.24) is 4.90 Å². The lowest BCUT2D eigenvalue weighted by molar-refractivity contribution is -0.121. The predicted octanol–water partition coefficient (Wildman–Crippen LogP) is 2.23. The number of benzene rings is 1. The number of carbonyl (C=O) groups is 2. The molecule has 1 fully saturated rings. The molecule has 0 saturated carbocycles. The topological polar surface area (TPSA) is 37.4 Å². The summed E-state index contributed by atoms with van der Waals surface area (Å²) in [5.74, 6) is 0.450. The van der Waals surface area contributed by atoms with Crippen molar-refractivity contribution in [2.24, 2.45) is 0 Å². The van der Waals surface area contributed by atoms with Gasteiger partial charge >= 0.3 is 0 Å². The molecule has 3 heteroatoms. The number of ketones is 2. The first-order chi connectivity index (χ1) is 8.58. The van der Waals surface area contributed by atoms with Crippen LogP contribution in [0.3, 0.4) is 0 Å². The monoisotopic (exact) mass is 245 g/mol. The van der Waals surface area contributed by atoms with Crippen molar-refractivity contribution in [3.63, 3.8) is 0 Å². The Morgan fingerprint density at radius 1 is 1.17 bits per heavy atom. The molecule has 1 atom stereocenters. The highest BCUT2D eigenvalue weighted by Crippen LogP contribution is 2.14. The molecule has 1 unspecified atom stereocenters. The zero-order valence-corrected chi connectivity index (χ0v) is 11.0. The number of rotatable bonds is 3. The molecule has 1 saturated heterocycles. The number of nitrogens with zero attached hydrogens (tertiary/aromatic N) is 1. The number of likely N-dealkylation sites (tertiary alicyclic amines) is 1. The summed E-state index contributed by atoms with van der Waals surface area (Å²) in [6.45, 7) is 5.35. The predicted molar refractivity (Wildman–Crippen MR) is 70.8 cm³/mol. The van der Waals surface area contributed by atoms with E-state index in [1.807, 2.05) is 38.1 Å². The molecule has 0 radical (unpaired) electrons. The van der Waals surface area contributed by atoms with E-state index in [9.17, 15) is 9.59 Å². The molecule has 0 aromatic heterocycles. The van der Waals surface area contributed by atoms with Crippen LogP contribution >= 0.6 is 0 Å². The van der Waals surface area contributed by atoms with Crippen LogP contribution in [0, 0.1) is 6.92 Å². The third-order valence-corrected chi connectivity index (χ3v) is 3.62. The Morgan fingerprint density at radius 2 is 1.72 bits per heavy atom. The van der Waals surface area contributed by atoms with Crippen LogP contribution in [-0.2, 0) is 4.79 Å². The highest BCUT2D eigenvalue weighted by molar-refractivity contribution is 6.00. The molecule has 1 aromatic rings. The van der Waals surface area contributed by atoms with Crippen LogP contribution in [0.15, 0.2) is 24.3 Å². The van der Waals surface area contributed by atoms with Crippen molar-refractivity contribution in [3.05, 3.63) is 35.4 Å². The molecule has 1 aromatic carbocycles. The van der Waals surface area contributed by atoms with Crippen LogP contribution in [0.25, 0.3) is 0 Å². The van der Waals surface area contributed by atoms with E-state index in [1.54, 1.807) is 0 Å². The smallest absolute Gasteiger partial charge is 0.179 e. The van der Waals surface area contributed by atoms with E-state index in [4.69, 9.17) is 0 Å². The summed E-state index contributed by atoms with van der Waals surface area (Å²) in [6, 6.07) is 7.53. The van der Waals surface area contributed by atoms with E-state index < -0.39 is 0 Å². The standard InChI is InChI=1S/C15H19NO2/c1-11-3-5-13(6-4-11)15(18)12(2)16-9-7-14(17)8-10-16/h3-6,12H,7-10H2,1-2H3. The zero-order chi connectivity index (χ0) is 13.1. The molecule has 18 heavy (non-hydrogen) atoms. The van der Waals surface area contributed by atoms with Crippen LogP contribution < -0.4 is 0 Å². The number of carbonyl (C=O) groups excluding carboxylic acids is 2. The van der Waals surface area contributed by atoms with Crippen molar-refractivity contribution in [3.8, 4) is 0 Å². The number of hydrogen-bond donors (Lipinski definition) is 0. The Balaban J connectivity index is 2.04. The molecule has 2 rings (SSSR count). The van der Waals surface area contributed by atoms with Crippen molar-refractivity contribution in [2.45, 2.75) is 32.7 Å². The molecule has 96 valence electrons. The first-order valence-corrected chi connectivity index (χ1v) is 6.44. The lowest BCUT2D eigenvalue weighted by atomic mass is 10.0. The molecular weight excluding hydrogens is 226 g/mol. The summed E-state index contributed by atoms with van der Waals surface area (Å²) in [5, 5.41) is 0. The normalized spacial score (nSPS) is 18.7. The molecule has 1 aliphatic rings. The van der Waals surface area contributed by atoms with Gasteiger partial charge in [0.2, 0.25) is 0 Å². The molecule has 0 amide bonds. The van der Waals surface area contributed by atoms with Crippen molar-refractivity contribution in [2.75, 3.05) is 13.1 Å². The third-order valence-electron chi connectivity index (χ3n) is 3.62. The fraction of sp³-hybridized carbons (Fsp3) is 0.467. The molecule has 0 N–H and O–H groups in total. The van der Waals surface area contributed by atoms with Gasteiger partial charge in [-0.25, -0.2) is 0 Å². The summed E-state index contributed by atoms with van der Waals surface area (Å²) < 4.78 is 0. The number of Topliss-reactive ketones (excluding diaryl/α,β-unsaturated/α-hetero) is 2. The van der Waals surface area contributed by atoms with E-state index in [-0.39, 0.29) is 11.8 Å². The average molecular weight is 245 g/mol. The van der Waals surface area contributed by atoms with E-state index in [2.05, 4.69) is 4.90 Å². The summed E-state index contributed by atoms with van der Waals surface area (Å²) in [5.41, 5.74) is 1.91. The molecule has 3 nitrogen and oxygen atoms in total. The second kappa shape index (κ2) is 5.44. The van der Waals surface area contributed by atoms with Crippen LogP contribution in [-0.4, -0.2) is 35.6 Å². The maximum atomic E-state index is 12.3. The highest BCUT2D eigenvalue weighted by Gasteiger charge is 2.25. The van der Waals surface area contributed by atoms with E-state index in [1.165, 1.54) is 0 Å². The van der Waals surface area contributed by atoms with E-state index in [0.717, 1.165) is 11.1 Å². The van der Waals surface area contributed by atoms with Gasteiger partial charge in [0.05, 0.1) is 6.04 Å². The number of hydrogen-bond acceptors (Lipinski definition) is 3. The fourth-order valence-corrected chi connectivity index (χ4v) is 2.29. The molecule has 1 heterocycles. The molecule has 1 aliphatic heterocycles. The summed E-state index contributed by atoms with van der Waals surface area (Å²) in [7, 11) is 0. The summed E-state index contributed by atoms with van der Waals surface area (Å²) >= 11 is 0. The van der Waals surface area contributed by atoms with Crippen LogP contribution in [0.5, 0.6) is 0 Å². The Hall–Kier alpha value is -1.48. The number of aryl methyl sites for hydroxylation is 1. The van der Waals surface area contributed by atoms with Gasteiger partial charge in [0.15, 0.2) is 5.78 Å². The van der Waals surface area contributed by atoms with Gasteiger partial charge in [0, 0.05) is 31.5 Å². The Morgan fingerprint density at radius 3 is 2.28 bits per heavy atom. The molecular formula is C15H19NO2. The van der Waals surface area contributed by atoms with Gasteiger partial charge in [-0.05, 0) is 13.8 Å². The van der Waals surface area contributed by atoms with Crippen LogP contribution in [0.2, 0.25) is 0 Å². The second-order valence-electron chi connectivity index (χ2n) is 4.98. The quantitative estimate of drug-likeness (QED) is 0.766. The van der Waals surface area contributed by atoms with Crippen molar-refractivity contribution >= 4 is 11.6 Å². The minimum atomic E-state index is -0.138. The van der Waals surface area contributed by atoms with Crippen LogP contribution in [0.4, 0.5) is 0 Å². The first-order valence-electron chi connectivity index (χ1n) is 6.44.